The largest absolute Gasteiger partial charge is 0.468 e. The van der Waals surface area contributed by atoms with Crippen molar-refractivity contribution in [3.8, 4) is 0 Å². The quantitative estimate of drug-likeness (QED) is 0.662. The summed E-state index contributed by atoms with van der Waals surface area (Å²) in [5.74, 6) is -0.564. The number of hydrogen-bond donors (Lipinski definition) is 1. The third-order valence-corrected chi connectivity index (χ3v) is 6.03. The van der Waals surface area contributed by atoms with E-state index in [0.717, 1.165) is 42.6 Å². The van der Waals surface area contributed by atoms with Crippen LogP contribution in [0.2, 0.25) is 0 Å². The number of methoxy groups -OCH3 is 1. The predicted molar refractivity (Wildman–Crippen MR) is 107 cm³/mol. The number of carbonyl (C=O) groups is 1. The number of rotatable bonds is 8. The first kappa shape index (κ1) is 22.5. The molecule has 1 aromatic rings. The van der Waals surface area contributed by atoms with Gasteiger partial charge in [-0.15, -0.1) is 12.4 Å². The van der Waals surface area contributed by atoms with E-state index in [9.17, 15) is 13.2 Å². The molecule has 1 fully saturated rings. The van der Waals surface area contributed by atoms with Crippen LogP contribution in [-0.2, 0) is 19.6 Å². The Morgan fingerprint density at radius 3 is 2.38 bits per heavy atom. The van der Waals surface area contributed by atoms with E-state index >= 15 is 0 Å². The Morgan fingerprint density at radius 1 is 1.23 bits per heavy atom. The first-order valence-corrected chi connectivity index (χ1v) is 10.2. The molecule has 0 bridgehead atoms. The molecular formula is C17H28ClN3O4S. The van der Waals surface area contributed by atoms with Gasteiger partial charge in [0.2, 0.25) is 10.0 Å². The number of nitrogens with zero attached hydrogens (tertiary/aromatic N) is 2. The lowest BCUT2D eigenvalue weighted by Gasteiger charge is -2.30. The number of ether oxygens (including phenoxy) is 1. The van der Waals surface area contributed by atoms with Crippen LogP contribution in [0.1, 0.15) is 19.8 Å². The topological polar surface area (TPSA) is 79.0 Å². The van der Waals surface area contributed by atoms with Crippen LogP contribution >= 0.6 is 12.4 Å². The maximum absolute atomic E-state index is 12.6. The number of sulfonamides is 1. The van der Waals surface area contributed by atoms with Crippen molar-refractivity contribution in [3.63, 3.8) is 0 Å². The van der Waals surface area contributed by atoms with Crippen LogP contribution in [-0.4, -0.2) is 60.0 Å². The monoisotopic (exact) mass is 405 g/mol. The number of nitrogens with one attached hydrogen (secondary N) is 1. The molecule has 1 aliphatic heterocycles. The summed E-state index contributed by atoms with van der Waals surface area (Å²) in [5.41, 5.74) is 1.54. The van der Waals surface area contributed by atoms with Gasteiger partial charge in [-0.25, -0.2) is 8.42 Å². The molecule has 0 radical (unpaired) electrons. The molecule has 1 saturated heterocycles. The highest BCUT2D eigenvalue weighted by Crippen LogP contribution is 2.24. The average molecular weight is 406 g/mol. The normalized spacial score (nSPS) is 14.5. The van der Waals surface area contributed by atoms with Gasteiger partial charge in [0.1, 0.15) is 6.54 Å². The molecule has 0 spiro atoms. The minimum Gasteiger partial charge on any atom is -0.468 e. The van der Waals surface area contributed by atoms with Crippen LogP contribution in [0.4, 0.5) is 11.4 Å². The van der Waals surface area contributed by atoms with Gasteiger partial charge in [0, 0.05) is 31.9 Å². The van der Waals surface area contributed by atoms with Crippen LogP contribution in [0.3, 0.4) is 0 Å². The van der Waals surface area contributed by atoms with Crippen molar-refractivity contribution in [3.05, 3.63) is 24.3 Å². The number of piperazine rings is 1. The summed E-state index contributed by atoms with van der Waals surface area (Å²) in [4.78, 5) is 13.9. The Balaban J connectivity index is 0.00000338. The highest BCUT2D eigenvalue weighted by Gasteiger charge is 2.25. The van der Waals surface area contributed by atoms with Crippen molar-refractivity contribution in [1.82, 2.24) is 5.32 Å². The van der Waals surface area contributed by atoms with Crippen molar-refractivity contribution >= 4 is 39.8 Å². The zero-order valence-electron chi connectivity index (χ0n) is 15.3. The third-order valence-electron chi connectivity index (χ3n) is 4.21. The van der Waals surface area contributed by atoms with Crippen molar-refractivity contribution in [2.45, 2.75) is 19.8 Å². The molecule has 7 nitrogen and oxygen atoms in total. The van der Waals surface area contributed by atoms with Crippen LogP contribution < -0.4 is 14.5 Å². The van der Waals surface area contributed by atoms with Gasteiger partial charge in [-0.05, 0) is 30.7 Å². The molecule has 0 amide bonds. The molecule has 1 aromatic carbocycles. The summed E-state index contributed by atoms with van der Waals surface area (Å²) >= 11 is 0. The highest BCUT2D eigenvalue weighted by atomic mass is 35.5. The van der Waals surface area contributed by atoms with E-state index in [1.54, 1.807) is 12.1 Å². The summed E-state index contributed by atoms with van der Waals surface area (Å²) in [7, 11) is -2.31. The molecule has 1 N–H and O–H groups in total. The predicted octanol–water partition coefficient (Wildman–Crippen LogP) is 1.63. The van der Waals surface area contributed by atoms with Crippen LogP contribution in [0.25, 0.3) is 0 Å². The summed E-state index contributed by atoms with van der Waals surface area (Å²) in [6.45, 7) is 5.32. The molecular weight excluding hydrogens is 378 g/mol. The van der Waals surface area contributed by atoms with E-state index in [1.807, 2.05) is 19.1 Å². The molecule has 0 atom stereocenters. The fraction of sp³-hybridized carbons (Fsp3) is 0.588. The van der Waals surface area contributed by atoms with Crippen molar-refractivity contribution in [2.75, 3.05) is 54.8 Å². The SMILES string of the molecule is CCCCS(=O)(=O)N(CC(=O)OC)c1ccc(N2CCNCC2)cc1.Cl. The first-order valence-electron chi connectivity index (χ1n) is 8.61. The standard InChI is InChI=1S/C17H27N3O4S.ClH/c1-3-4-13-25(22,23)20(14-17(21)24-2)16-7-5-15(6-8-16)19-11-9-18-10-12-19;/h5-8,18H,3-4,9-14H2,1-2H3;1H. The molecule has 0 aliphatic carbocycles. The maximum Gasteiger partial charge on any atom is 0.326 e. The lowest BCUT2D eigenvalue weighted by Crippen LogP contribution is -2.43. The smallest absolute Gasteiger partial charge is 0.326 e. The van der Waals surface area contributed by atoms with Gasteiger partial charge in [-0.3, -0.25) is 9.10 Å². The van der Waals surface area contributed by atoms with E-state index in [2.05, 4.69) is 15.0 Å². The van der Waals surface area contributed by atoms with Crippen molar-refractivity contribution in [2.24, 2.45) is 0 Å². The lowest BCUT2D eigenvalue weighted by molar-refractivity contribution is -0.138. The minimum atomic E-state index is -3.57. The zero-order valence-corrected chi connectivity index (χ0v) is 16.9. The Bertz CT molecular complexity index is 661. The summed E-state index contributed by atoms with van der Waals surface area (Å²) < 4.78 is 31.1. The molecule has 1 aliphatic rings. The van der Waals surface area contributed by atoms with Gasteiger partial charge in [-0.2, -0.15) is 0 Å². The molecule has 1 heterocycles. The Labute approximate surface area is 162 Å². The highest BCUT2D eigenvalue weighted by molar-refractivity contribution is 7.92. The Kier molecular flexibility index (Phi) is 9.18. The van der Waals surface area contributed by atoms with Crippen molar-refractivity contribution in [1.29, 1.82) is 0 Å². The molecule has 0 unspecified atom stereocenters. The van der Waals surface area contributed by atoms with Gasteiger partial charge >= 0.3 is 5.97 Å². The van der Waals surface area contributed by atoms with E-state index in [1.165, 1.54) is 7.11 Å². The zero-order chi connectivity index (χ0) is 18.3. The van der Waals surface area contributed by atoms with Gasteiger partial charge in [0.15, 0.2) is 0 Å². The van der Waals surface area contributed by atoms with E-state index in [-0.39, 0.29) is 24.7 Å². The summed E-state index contributed by atoms with van der Waals surface area (Å²) in [6.07, 6.45) is 1.33. The number of hydrogen-bond acceptors (Lipinski definition) is 6. The molecule has 148 valence electrons. The number of carbonyl (C=O) groups excluding carboxylic acids is 1. The van der Waals surface area contributed by atoms with Gasteiger partial charge in [-0.1, -0.05) is 13.3 Å². The second kappa shape index (κ2) is 10.6. The first-order chi connectivity index (χ1) is 12.0. The third kappa shape index (κ3) is 6.03. The fourth-order valence-corrected chi connectivity index (χ4v) is 4.34. The average Bonchev–Trinajstić information content (AvgIpc) is 2.65. The summed E-state index contributed by atoms with van der Waals surface area (Å²) in [6, 6.07) is 7.31. The van der Waals surface area contributed by atoms with Gasteiger partial charge in [0.25, 0.3) is 0 Å². The number of unbranched alkanes of at least 4 members (excludes halogenated alkanes) is 1. The van der Waals surface area contributed by atoms with Crippen LogP contribution in [0.15, 0.2) is 24.3 Å². The second-order valence-electron chi connectivity index (χ2n) is 6.01. The molecule has 9 heteroatoms. The van der Waals surface area contributed by atoms with Crippen LogP contribution in [0, 0.1) is 0 Å². The number of anilines is 2. The lowest BCUT2D eigenvalue weighted by atomic mass is 10.2. The minimum absolute atomic E-state index is 0. The summed E-state index contributed by atoms with van der Waals surface area (Å²) in [5, 5.41) is 3.30. The van der Waals surface area contributed by atoms with Crippen LogP contribution in [0.5, 0.6) is 0 Å². The Morgan fingerprint density at radius 2 is 1.85 bits per heavy atom. The van der Waals surface area contributed by atoms with Gasteiger partial charge in [0.05, 0.1) is 18.6 Å². The number of benzene rings is 1. The molecule has 26 heavy (non-hydrogen) atoms. The van der Waals surface area contributed by atoms with Gasteiger partial charge < -0.3 is 15.0 Å². The number of halogens is 1. The molecule has 2 rings (SSSR count). The number of esters is 1. The van der Waals surface area contributed by atoms with E-state index < -0.39 is 16.0 Å². The van der Waals surface area contributed by atoms with E-state index in [0.29, 0.717) is 12.1 Å². The molecule has 0 saturated carbocycles. The van der Waals surface area contributed by atoms with E-state index in [4.69, 9.17) is 0 Å². The Hall–Kier alpha value is -1.51. The maximum atomic E-state index is 12.6. The fourth-order valence-electron chi connectivity index (χ4n) is 2.72. The van der Waals surface area contributed by atoms with Crippen molar-refractivity contribution < 1.29 is 17.9 Å². The second-order valence-corrected chi connectivity index (χ2v) is 8.02. The molecule has 0 aromatic heterocycles.